The summed E-state index contributed by atoms with van der Waals surface area (Å²) in [6.45, 7) is 8.01. The fourth-order valence-electron chi connectivity index (χ4n) is 4.74. The molecule has 1 aromatic heterocycles. The summed E-state index contributed by atoms with van der Waals surface area (Å²) in [5.41, 5.74) is 3.89. The van der Waals surface area contributed by atoms with Crippen LogP contribution < -0.4 is 5.32 Å². The molecule has 0 bridgehead atoms. The first kappa shape index (κ1) is 21.6. The molecule has 4 rings (SSSR count). The second kappa shape index (κ2) is 8.15. The van der Waals surface area contributed by atoms with Gasteiger partial charge in [-0.3, -0.25) is 14.6 Å². The highest BCUT2D eigenvalue weighted by Gasteiger charge is 2.47. The van der Waals surface area contributed by atoms with E-state index in [1.807, 2.05) is 50.2 Å². The summed E-state index contributed by atoms with van der Waals surface area (Å²) in [6.07, 6.45) is 2.90. The standard InChI is InChI=1S/C25H26BrN3O2/c1-14-8-9-27-20(10-14)29-24(31)21-15(2)28-18-12-25(3,4)13-19(30)23(18)22(21)16-6-5-7-17(26)11-16/h5-11,22-23H,12-13H2,1-4H3,(H,27,29,31). The SMILES string of the molecule is CC1=C(C(=O)Nc2cc(C)ccn2)C(c2cccc(Br)c2)C2C(=O)CC(C)(C)CC2=N1. The molecule has 1 N–H and O–H groups in total. The van der Waals surface area contributed by atoms with Gasteiger partial charge in [0, 0.05) is 40.0 Å². The maximum Gasteiger partial charge on any atom is 0.255 e. The van der Waals surface area contributed by atoms with Crippen LogP contribution in [-0.4, -0.2) is 22.4 Å². The molecule has 2 aromatic rings. The number of hydrogen-bond donors (Lipinski definition) is 1. The van der Waals surface area contributed by atoms with Gasteiger partial charge in [0.2, 0.25) is 0 Å². The molecule has 1 saturated carbocycles. The number of benzene rings is 1. The average Bonchev–Trinajstić information content (AvgIpc) is 2.65. The number of carbonyl (C=O) groups excluding carboxylic acids is 2. The molecule has 1 amide bonds. The Morgan fingerprint density at radius 2 is 1.90 bits per heavy atom. The third-order valence-corrected chi connectivity index (χ3v) is 6.47. The number of Topliss-reactive ketones (excluding diaryl/α,β-unsaturated/α-hetero) is 1. The van der Waals surface area contributed by atoms with Crippen LogP contribution in [0.25, 0.3) is 0 Å². The molecule has 6 heteroatoms. The maximum absolute atomic E-state index is 13.5. The number of amides is 1. The van der Waals surface area contributed by atoms with E-state index < -0.39 is 5.92 Å². The van der Waals surface area contributed by atoms with Gasteiger partial charge in [-0.2, -0.15) is 0 Å². The first-order chi connectivity index (χ1) is 14.6. The molecule has 31 heavy (non-hydrogen) atoms. The lowest BCUT2D eigenvalue weighted by molar-refractivity contribution is -0.124. The van der Waals surface area contributed by atoms with E-state index in [0.717, 1.165) is 27.7 Å². The molecule has 2 atom stereocenters. The number of halogens is 1. The molecule has 1 aliphatic carbocycles. The number of hydrogen-bond acceptors (Lipinski definition) is 4. The molecule has 2 aliphatic rings. The number of nitrogens with zero attached hydrogens (tertiary/aromatic N) is 2. The topological polar surface area (TPSA) is 71.4 Å². The second-order valence-corrected chi connectivity index (χ2v) is 10.2. The van der Waals surface area contributed by atoms with E-state index in [4.69, 9.17) is 4.99 Å². The summed E-state index contributed by atoms with van der Waals surface area (Å²) >= 11 is 3.54. The minimum Gasteiger partial charge on any atom is -0.307 e. The fraction of sp³-hybridized carbons (Fsp3) is 0.360. The van der Waals surface area contributed by atoms with Gasteiger partial charge in [0.1, 0.15) is 11.6 Å². The third kappa shape index (κ3) is 4.40. The molecule has 160 valence electrons. The number of aromatic nitrogens is 1. The number of ketones is 1. The predicted molar refractivity (Wildman–Crippen MR) is 126 cm³/mol. The van der Waals surface area contributed by atoms with Crippen LogP contribution in [-0.2, 0) is 9.59 Å². The number of carbonyl (C=O) groups is 2. The highest BCUT2D eigenvalue weighted by Crippen LogP contribution is 2.47. The zero-order chi connectivity index (χ0) is 22.3. The number of aliphatic imine (C=N–C) groups is 1. The Kier molecular flexibility index (Phi) is 5.69. The van der Waals surface area contributed by atoms with Crippen molar-refractivity contribution in [3.63, 3.8) is 0 Å². The monoisotopic (exact) mass is 479 g/mol. The van der Waals surface area contributed by atoms with E-state index in [2.05, 4.69) is 40.1 Å². The van der Waals surface area contributed by atoms with Crippen molar-refractivity contribution in [2.75, 3.05) is 5.32 Å². The van der Waals surface area contributed by atoms with Crippen LogP contribution in [0.4, 0.5) is 5.82 Å². The van der Waals surface area contributed by atoms with E-state index in [9.17, 15) is 9.59 Å². The van der Waals surface area contributed by atoms with Crippen molar-refractivity contribution in [2.24, 2.45) is 16.3 Å². The number of pyridine rings is 1. The highest BCUT2D eigenvalue weighted by molar-refractivity contribution is 9.10. The number of fused-ring (bicyclic) bond motifs is 1. The largest absolute Gasteiger partial charge is 0.307 e. The summed E-state index contributed by atoms with van der Waals surface area (Å²) in [4.78, 5) is 35.9. The smallest absolute Gasteiger partial charge is 0.255 e. The number of nitrogens with one attached hydrogen (secondary N) is 1. The minimum absolute atomic E-state index is 0.125. The molecule has 1 aromatic carbocycles. The minimum atomic E-state index is -0.419. The lowest BCUT2D eigenvalue weighted by Crippen LogP contribution is -2.44. The van der Waals surface area contributed by atoms with E-state index in [0.29, 0.717) is 23.5 Å². The van der Waals surface area contributed by atoms with E-state index in [1.54, 1.807) is 6.20 Å². The fourth-order valence-corrected chi connectivity index (χ4v) is 5.15. The van der Waals surface area contributed by atoms with Gasteiger partial charge in [-0.15, -0.1) is 0 Å². The van der Waals surface area contributed by atoms with Gasteiger partial charge in [-0.25, -0.2) is 4.98 Å². The molecule has 0 radical (unpaired) electrons. The van der Waals surface area contributed by atoms with Gasteiger partial charge in [-0.1, -0.05) is 41.9 Å². The number of allylic oxidation sites excluding steroid dienone is 1. The van der Waals surface area contributed by atoms with Crippen molar-refractivity contribution in [1.82, 2.24) is 4.98 Å². The van der Waals surface area contributed by atoms with Crippen molar-refractivity contribution < 1.29 is 9.59 Å². The Hall–Kier alpha value is -2.60. The first-order valence-electron chi connectivity index (χ1n) is 10.4. The zero-order valence-corrected chi connectivity index (χ0v) is 19.8. The molecule has 5 nitrogen and oxygen atoms in total. The Morgan fingerprint density at radius 1 is 1.13 bits per heavy atom. The van der Waals surface area contributed by atoms with Crippen molar-refractivity contribution >= 4 is 39.1 Å². The number of aryl methyl sites for hydroxylation is 1. The summed E-state index contributed by atoms with van der Waals surface area (Å²) in [5.74, 6) is -0.424. The summed E-state index contributed by atoms with van der Waals surface area (Å²) in [5, 5.41) is 2.92. The second-order valence-electron chi connectivity index (χ2n) is 9.27. The van der Waals surface area contributed by atoms with Crippen LogP contribution in [0.3, 0.4) is 0 Å². The summed E-state index contributed by atoms with van der Waals surface area (Å²) in [7, 11) is 0. The average molecular weight is 480 g/mol. The van der Waals surface area contributed by atoms with Crippen LogP contribution in [0, 0.1) is 18.3 Å². The number of rotatable bonds is 3. The molecule has 0 spiro atoms. The Balaban J connectivity index is 1.82. The molecule has 1 fully saturated rings. The quantitative estimate of drug-likeness (QED) is 0.621. The van der Waals surface area contributed by atoms with Crippen molar-refractivity contribution in [3.05, 3.63) is 69.5 Å². The first-order valence-corrected chi connectivity index (χ1v) is 11.2. The predicted octanol–water partition coefficient (Wildman–Crippen LogP) is 5.61. The van der Waals surface area contributed by atoms with Crippen LogP contribution >= 0.6 is 15.9 Å². The third-order valence-electron chi connectivity index (χ3n) is 5.97. The molecule has 2 heterocycles. The molecular formula is C25H26BrN3O2. The molecule has 0 saturated heterocycles. The Labute approximate surface area is 191 Å². The lowest BCUT2D eigenvalue weighted by atomic mass is 9.63. The van der Waals surface area contributed by atoms with Gasteiger partial charge in [-0.05, 0) is 61.1 Å². The molecular weight excluding hydrogens is 454 g/mol. The van der Waals surface area contributed by atoms with E-state index in [-0.39, 0.29) is 23.0 Å². The van der Waals surface area contributed by atoms with Gasteiger partial charge >= 0.3 is 0 Å². The van der Waals surface area contributed by atoms with Crippen LogP contribution in [0.2, 0.25) is 0 Å². The van der Waals surface area contributed by atoms with Gasteiger partial charge in [0.15, 0.2) is 0 Å². The van der Waals surface area contributed by atoms with Gasteiger partial charge in [0.05, 0.1) is 5.92 Å². The van der Waals surface area contributed by atoms with Crippen molar-refractivity contribution in [3.8, 4) is 0 Å². The lowest BCUT2D eigenvalue weighted by Gasteiger charge is -2.41. The number of anilines is 1. The zero-order valence-electron chi connectivity index (χ0n) is 18.2. The van der Waals surface area contributed by atoms with Crippen LogP contribution in [0.5, 0.6) is 0 Å². The van der Waals surface area contributed by atoms with Crippen molar-refractivity contribution in [1.29, 1.82) is 0 Å². The molecule has 1 aliphatic heterocycles. The summed E-state index contributed by atoms with van der Waals surface area (Å²) < 4.78 is 0.912. The van der Waals surface area contributed by atoms with E-state index >= 15 is 0 Å². The van der Waals surface area contributed by atoms with Crippen molar-refractivity contribution in [2.45, 2.75) is 46.5 Å². The van der Waals surface area contributed by atoms with Crippen LogP contribution in [0.15, 0.2) is 63.3 Å². The summed E-state index contributed by atoms with van der Waals surface area (Å²) in [6, 6.07) is 11.6. The Bertz CT molecular complexity index is 1130. The normalized spacial score (nSPS) is 22.6. The van der Waals surface area contributed by atoms with Crippen LogP contribution in [0.1, 0.15) is 50.7 Å². The molecule has 2 unspecified atom stereocenters. The van der Waals surface area contributed by atoms with E-state index in [1.165, 1.54) is 0 Å². The Morgan fingerprint density at radius 3 is 2.61 bits per heavy atom. The van der Waals surface area contributed by atoms with Gasteiger partial charge in [0.25, 0.3) is 5.91 Å². The highest BCUT2D eigenvalue weighted by atomic mass is 79.9. The maximum atomic E-state index is 13.5. The van der Waals surface area contributed by atoms with Gasteiger partial charge < -0.3 is 5.32 Å².